The SMILES string of the molecule is COc1ccsc1C(=O)N1CC(C(=O)O)c2ccccc21. The van der Waals surface area contributed by atoms with Gasteiger partial charge in [0.2, 0.25) is 0 Å². The molecule has 0 saturated carbocycles. The second kappa shape index (κ2) is 5.21. The number of rotatable bonds is 3. The number of para-hydroxylation sites is 1. The third kappa shape index (κ3) is 2.17. The van der Waals surface area contributed by atoms with E-state index in [0.29, 0.717) is 21.9 Å². The standard InChI is InChI=1S/C15H13NO4S/c1-20-12-6-7-21-13(12)14(17)16-8-10(15(18)19)9-4-2-3-5-11(9)16/h2-7,10H,8H2,1H3,(H,18,19). The Morgan fingerprint density at radius 3 is 2.81 bits per heavy atom. The van der Waals surface area contributed by atoms with Crippen LogP contribution in [0.3, 0.4) is 0 Å². The number of methoxy groups -OCH3 is 1. The summed E-state index contributed by atoms with van der Waals surface area (Å²) in [5.74, 6) is -1.31. The first-order valence-electron chi connectivity index (χ1n) is 6.38. The van der Waals surface area contributed by atoms with Gasteiger partial charge in [0.1, 0.15) is 16.5 Å². The maximum atomic E-state index is 12.7. The van der Waals surface area contributed by atoms with E-state index in [-0.39, 0.29) is 12.5 Å². The van der Waals surface area contributed by atoms with Gasteiger partial charge in [0, 0.05) is 12.2 Å². The van der Waals surface area contributed by atoms with E-state index >= 15 is 0 Å². The van der Waals surface area contributed by atoms with Gasteiger partial charge in [-0.1, -0.05) is 18.2 Å². The van der Waals surface area contributed by atoms with Crippen molar-refractivity contribution in [2.45, 2.75) is 5.92 Å². The first kappa shape index (κ1) is 13.6. The lowest BCUT2D eigenvalue weighted by atomic mass is 10.0. The number of hydrogen-bond donors (Lipinski definition) is 1. The zero-order chi connectivity index (χ0) is 15.0. The Hall–Kier alpha value is -2.34. The van der Waals surface area contributed by atoms with E-state index in [1.165, 1.54) is 23.3 Å². The molecule has 0 aliphatic carbocycles. The smallest absolute Gasteiger partial charge is 0.312 e. The Morgan fingerprint density at radius 2 is 2.10 bits per heavy atom. The molecule has 5 nitrogen and oxygen atoms in total. The Labute approximate surface area is 125 Å². The topological polar surface area (TPSA) is 66.8 Å². The molecule has 1 aliphatic heterocycles. The highest BCUT2D eigenvalue weighted by Crippen LogP contribution is 2.38. The van der Waals surface area contributed by atoms with Crippen LogP contribution in [0.4, 0.5) is 5.69 Å². The molecule has 21 heavy (non-hydrogen) atoms. The van der Waals surface area contributed by atoms with Crippen LogP contribution in [0, 0.1) is 0 Å². The summed E-state index contributed by atoms with van der Waals surface area (Å²) < 4.78 is 5.17. The third-order valence-corrected chi connectivity index (χ3v) is 4.44. The lowest BCUT2D eigenvalue weighted by Crippen LogP contribution is -2.30. The fourth-order valence-electron chi connectivity index (χ4n) is 2.55. The molecular weight excluding hydrogens is 290 g/mol. The van der Waals surface area contributed by atoms with E-state index in [9.17, 15) is 14.7 Å². The minimum atomic E-state index is -0.920. The minimum Gasteiger partial charge on any atom is -0.495 e. The molecule has 1 amide bonds. The molecule has 0 bridgehead atoms. The Kier molecular flexibility index (Phi) is 3.39. The molecule has 1 atom stereocenters. The van der Waals surface area contributed by atoms with Crippen LogP contribution in [0.2, 0.25) is 0 Å². The van der Waals surface area contributed by atoms with Gasteiger partial charge in [0.05, 0.1) is 7.11 Å². The van der Waals surface area contributed by atoms with E-state index < -0.39 is 11.9 Å². The van der Waals surface area contributed by atoms with Gasteiger partial charge in [-0.3, -0.25) is 9.59 Å². The number of carboxylic acid groups (broad SMARTS) is 1. The van der Waals surface area contributed by atoms with Crippen LogP contribution in [0.25, 0.3) is 0 Å². The zero-order valence-electron chi connectivity index (χ0n) is 11.3. The van der Waals surface area contributed by atoms with Gasteiger partial charge < -0.3 is 14.7 Å². The van der Waals surface area contributed by atoms with Gasteiger partial charge in [-0.15, -0.1) is 11.3 Å². The number of carbonyl (C=O) groups is 2. The van der Waals surface area contributed by atoms with E-state index in [0.717, 1.165) is 0 Å². The summed E-state index contributed by atoms with van der Waals surface area (Å²) >= 11 is 1.29. The minimum absolute atomic E-state index is 0.147. The van der Waals surface area contributed by atoms with Crippen molar-refractivity contribution in [1.29, 1.82) is 0 Å². The molecule has 2 aromatic rings. The van der Waals surface area contributed by atoms with Crippen molar-refractivity contribution < 1.29 is 19.4 Å². The lowest BCUT2D eigenvalue weighted by Gasteiger charge is -2.17. The highest BCUT2D eigenvalue weighted by Gasteiger charge is 2.37. The summed E-state index contributed by atoms with van der Waals surface area (Å²) in [4.78, 5) is 26.1. The predicted octanol–water partition coefficient (Wildman–Crippen LogP) is 2.59. The summed E-state index contributed by atoms with van der Waals surface area (Å²) in [5.41, 5.74) is 1.33. The molecular formula is C15H13NO4S. The second-order valence-corrected chi connectivity index (χ2v) is 5.60. The van der Waals surface area contributed by atoms with Crippen molar-refractivity contribution in [3.8, 4) is 5.75 Å². The average molecular weight is 303 g/mol. The quantitative estimate of drug-likeness (QED) is 0.946. The number of carboxylic acids is 1. The highest BCUT2D eigenvalue weighted by molar-refractivity contribution is 7.12. The first-order chi connectivity index (χ1) is 10.1. The number of ether oxygens (including phenoxy) is 1. The van der Waals surface area contributed by atoms with Crippen molar-refractivity contribution >= 4 is 28.9 Å². The maximum Gasteiger partial charge on any atom is 0.312 e. The summed E-state index contributed by atoms with van der Waals surface area (Å²) in [7, 11) is 1.51. The molecule has 6 heteroatoms. The van der Waals surface area contributed by atoms with E-state index in [1.807, 2.05) is 0 Å². The van der Waals surface area contributed by atoms with Crippen LogP contribution in [-0.2, 0) is 4.79 Å². The molecule has 108 valence electrons. The number of carbonyl (C=O) groups excluding carboxylic acids is 1. The number of benzene rings is 1. The van der Waals surface area contributed by atoms with Gasteiger partial charge in [0.25, 0.3) is 5.91 Å². The van der Waals surface area contributed by atoms with Crippen LogP contribution in [0.1, 0.15) is 21.2 Å². The van der Waals surface area contributed by atoms with Crippen LogP contribution < -0.4 is 9.64 Å². The molecule has 1 aliphatic rings. The Bertz CT molecular complexity index is 709. The highest BCUT2D eigenvalue weighted by atomic mass is 32.1. The molecule has 1 N–H and O–H groups in total. The van der Waals surface area contributed by atoms with Crippen LogP contribution in [0.15, 0.2) is 35.7 Å². The average Bonchev–Trinajstić information content (AvgIpc) is 3.11. The summed E-state index contributed by atoms with van der Waals surface area (Å²) in [5, 5.41) is 11.1. The summed E-state index contributed by atoms with van der Waals surface area (Å²) in [6, 6.07) is 8.85. The number of fused-ring (bicyclic) bond motifs is 1. The number of hydrogen-bond acceptors (Lipinski definition) is 4. The second-order valence-electron chi connectivity index (χ2n) is 4.68. The monoisotopic (exact) mass is 303 g/mol. The molecule has 3 rings (SSSR count). The van der Waals surface area contributed by atoms with Crippen molar-refractivity contribution in [1.82, 2.24) is 0 Å². The number of aliphatic carboxylic acids is 1. The van der Waals surface area contributed by atoms with Crippen LogP contribution in [-0.4, -0.2) is 30.6 Å². The maximum absolute atomic E-state index is 12.7. The fraction of sp³-hybridized carbons (Fsp3) is 0.200. The van der Waals surface area contributed by atoms with Crippen LogP contribution in [0.5, 0.6) is 5.75 Å². The van der Waals surface area contributed by atoms with Crippen molar-refractivity contribution in [2.75, 3.05) is 18.6 Å². The predicted molar refractivity (Wildman–Crippen MR) is 79.4 cm³/mol. The van der Waals surface area contributed by atoms with E-state index in [2.05, 4.69) is 0 Å². The molecule has 0 radical (unpaired) electrons. The molecule has 1 unspecified atom stereocenters. The molecule has 2 heterocycles. The molecule has 0 spiro atoms. The normalized spacial score (nSPS) is 16.6. The van der Waals surface area contributed by atoms with Gasteiger partial charge in [-0.2, -0.15) is 0 Å². The largest absolute Gasteiger partial charge is 0.495 e. The first-order valence-corrected chi connectivity index (χ1v) is 7.26. The molecule has 0 fully saturated rings. The Morgan fingerprint density at radius 1 is 1.33 bits per heavy atom. The summed E-state index contributed by atoms with van der Waals surface area (Å²) in [6.45, 7) is 0.147. The number of anilines is 1. The Balaban J connectivity index is 2.01. The summed E-state index contributed by atoms with van der Waals surface area (Å²) in [6.07, 6.45) is 0. The van der Waals surface area contributed by atoms with Crippen LogP contribution >= 0.6 is 11.3 Å². The van der Waals surface area contributed by atoms with Gasteiger partial charge >= 0.3 is 5.97 Å². The number of thiophene rings is 1. The van der Waals surface area contributed by atoms with Crippen molar-refractivity contribution in [3.63, 3.8) is 0 Å². The number of nitrogens with zero attached hydrogens (tertiary/aromatic N) is 1. The van der Waals surface area contributed by atoms with Crippen molar-refractivity contribution in [3.05, 3.63) is 46.2 Å². The lowest BCUT2D eigenvalue weighted by molar-refractivity contribution is -0.138. The van der Waals surface area contributed by atoms with Gasteiger partial charge in [-0.05, 0) is 23.1 Å². The van der Waals surface area contributed by atoms with E-state index in [1.54, 1.807) is 35.7 Å². The van der Waals surface area contributed by atoms with Gasteiger partial charge in [0.15, 0.2) is 0 Å². The molecule has 0 saturated heterocycles. The fourth-order valence-corrected chi connectivity index (χ4v) is 3.35. The van der Waals surface area contributed by atoms with E-state index in [4.69, 9.17) is 4.74 Å². The number of amides is 1. The van der Waals surface area contributed by atoms with Gasteiger partial charge in [-0.25, -0.2) is 0 Å². The van der Waals surface area contributed by atoms with Crippen molar-refractivity contribution in [2.24, 2.45) is 0 Å². The third-order valence-electron chi connectivity index (χ3n) is 3.55. The zero-order valence-corrected chi connectivity index (χ0v) is 12.1. The molecule has 1 aromatic carbocycles. The molecule has 1 aromatic heterocycles.